The smallest absolute Gasteiger partial charge is 0.338 e. The van der Waals surface area contributed by atoms with Crippen LogP contribution in [0.2, 0.25) is 0 Å². The van der Waals surface area contributed by atoms with Crippen LogP contribution < -0.4 is 0 Å². The lowest BCUT2D eigenvalue weighted by molar-refractivity contribution is -0.143. The quantitative estimate of drug-likeness (QED) is 0.758. The van der Waals surface area contributed by atoms with Gasteiger partial charge in [-0.05, 0) is 31.5 Å². The van der Waals surface area contributed by atoms with Gasteiger partial charge in [-0.15, -0.1) is 0 Å². The fourth-order valence-corrected chi connectivity index (χ4v) is 1.51. The molecule has 5 nitrogen and oxygen atoms in total. The van der Waals surface area contributed by atoms with Crippen LogP contribution in [0.5, 0.6) is 0 Å². The minimum Gasteiger partial charge on any atom is -0.465 e. The van der Waals surface area contributed by atoms with Crippen molar-refractivity contribution in [3.63, 3.8) is 0 Å². The van der Waals surface area contributed by atoms with Crippen LogP contribution in [0.25, 0.3) is 0 Å². The highest BCUT2D eigenvalue weighted by molar-refractivity contribution is 5.89. The second kappa shape index (κ2) is 7.17. The molecule has 1 aromatic rings. The summed E-state index contributed by atoms with van der Waals surface area (Å²) in [5.41, 5.74) is 0.875. The monoisotopic (exact) mass is 261 g/mol. The van der Waals surface area contributed by atoms with Crippen LogP contribution in [0, 0.1) is 11.3 Å². The molecule has 0 radical (unpaired) electrons. The molecule has 1 rings (SSSR count). The Labute approximate surface area is 111 Å². The molecule has 0 saturated carbocycles. The Morgan fingerprint density at radius 3 is 2.21 bits per heavy atom. The number of hydrogen-bond acceptors (Lipinski definition) is 5. The number of benzene rings is 1. The van der Waals surface area contributed by atoms with Crippen molar-refractivity contribution >= 4 is 11.9 Å². The van der Waals surface area contributed by atoms with Gasteiger partial charge in [-0.3, -0.25) is 4.79 Å². The molecular formula is C14H15NO4. The molecule has 0 amide bonds. The van der Waals surface area contributed by atoms with Crippen LogP contribution >= 0.6 is 0 Å². The molecule has 5 heteroatoms. The van der Waals surface area contributed by atoms with Crippen molar-refractivity contribution in [2.24, 2.45) is 0 Å². The summed E-state index contributed by atoms with van der Waals surface area (Å²) in [6.07, 6.45) is 0. The third kappa shape index (κ3) is 3.81. The molecule has 0 aromatic heterocycles. The highest BCUT2D eigenvalue weighted by Crippen LogP contribution is 2.18. The van der Waals surface area contributed by atoms with Crippen molar-refractivity contribution in [2.75, 3.05) is 13.2 Å². The number of nitrogens with zero attached hydrogens (tertiary/aromatic N) is 1. The van der Waals surface area contributed by atoms with Crippen molar-refractivity contribution in [1.82, 2.24) is 0 Å². The number of ether oxygens (including phenoxy) is 2. The van der Waals surface area contributed by atoms with E-state index in [0.29, 0.717) is 17.7 Å². The third-order valence-corrected chi connectivity index (χ3v) is 2.41. The van der Waals surface area contributed by atoms with Gasteiger partial charge in [0.15, 0.2) is 5.92 Å². The van der Waals surface area contributed by atoms with Gasteiger partial charge in [0.05, 0.1) is 24.8 Å². The Balaban J connectivity index is 2.88. The zero-order valence-electron chi connectivity index (χ0n) is 10.9. The molecule has 0 fully saturated rings. The van der Waals surface area contributed by atoms with Gasteiger partial charge in [-0.2, -0.15) is 5.26 Å². The van der Waals surface area contributed by atoms with Crippen molar-refractivity contribution in [3.8, 4) is 6.07 Å². The Morgan fingerprint density at radius 2 is 1.74 bits per heavy atom. The predicted octanol–water partition coefficient (Wildman–Crippen LogP) is 2.03. The summed E-state index contributed by atoms with van der Waals surface area (Å²) in [7, 11) is 0. The minimum atomic E-state index is -0.976. The van der Waals surface area contributed by atoms with Crippen LogP contribution in [0.4, 0.5) is 0 Å². The molecule has 0 spiro atoms. The molecule has 0 aliphatic heterocycles. The number of carbonyl (C=O) groups excluding carboxylic acids is 2. The Hall–Kier alpha value is -2.35. The second-order valence-electron chi connectivity index (χ2n) is 3.66. The SMILES string of the molecule is CCOC(=O)c1ccc(C(C#N)C(=O)OCC)cc1. The Bertz CT molecular complexity index is 487. The van der Waals surface area contributed by atoms with Crippen LogP contribution in [0.3, 0.4) is 0 Å². The lowest BCUT2D eigenvalue weighted by Gasteiger charge is -2.09. The average molecular weight is 261 g/mol. The first-order valence-electron chi connectivity index (χ1n) is 5.97. The molecule has 0 N–H and O–H groups in total. The van der Waals surface area contributed by atoms with Crippen LogP contribution in [-0.4, -0.2) is 25.2 Å². The van der Waals surface area contributed by atoms with E-state index in [2.05, 4.69) is 0 Å². The summed E-state index contributed by atoms with van der Waals surface area (Å²) < 4.78 is 9.66. The highest BCUT2D eigenvalue weighted by Gasteiger charge is 2.21. The van der Waals surface area contributed by atoms with E-state index < -0.39 is 17.9 Å². The van der Waals surface area contributed by atoms with E-state index in [-0.39, 0.29) is 6.61 Å². The molecule has 1 atom stereocenters. The summed E-state index contributed by atoms with van der Waals surface area (Å²) >= 11 is 0. The van der Waals surface area contributed by atoms with E-state index in [4.69, 9.17) is 14.7 Å². The number of carbonyl (C=O) groups is 2. The topological polar surface area (TPSA) is 76.4 Å². The van der Waals surface area contributed by atoms with Gasteiger partial charge in [0.2, 0.25) is 0 Å². The summed E-state index contributed by atoms with van der Waals surface area (Å²) in [5, 5.41) is 9.00. The lowest BCUT2D eigenvalue weighted by Crippen LogP contribution is -2.14. The molecule has 0 aliphatic carbocycles. The molecule has 0 saturated heterocycles. The first kappa shape index (κ1) is 14.7. The molecule has 0 aliphatic rings. The zero-order chi connectivity index (χ0) is 14.3. The maximum Gasteiger partial charge on any atom is 0.338 e. The number of hydrogen-bond donors (Lipinski definition) is 0. The Kier molecular flexibility index (Phi) is 5.55. The molecular weight excluding hydrogens is 246 g/mol. The molecule has 1 aromatic carbocycles. The van der Waals surface area contributed by atoms with E-state index in [1.807, 2.05) is 6.07 Å². The van der Waals surface area contributed by atoms with Gasteiger partial charge in [0.1, 0.15) is 0 Å². The number of rotatable bonds is 5. The van der Waals surface area contributed by atoms with Crippen molar-refractivity contribution in [2.45, 2.75) is 19.8 Å². The second-order valence-corrected chi connectivity index (χ2v) is 3.66. The van der Waals surface area contributed by atoms with E-state index in [1.54, 1.807) is 26.0 Å². The van der Waals surface area contributed by atoms with Gasteiger partial charge in [-0.1, -0.05) is 12.1 Å². The normalized spacial score (nSPS) is 11.2. The molecule has 1 unspecified atom stereocenters. The summed E-state index contributed by atoms with van der Waals surface area (Å²) in [6, 6.07) is 8.04. The van der Waals surface area contributed by atoms with E-state index >= 15 is 0 Å². The fourth-order valence-electron chi connectivity index (χ4n) is 1.51. The standard InChI is InChI=1S/C14H15NO4/c1-3-18-13(16)11-7-5-10(6-8-11)12(9-15)14(17)19-4-2/h5-8,12H,3-4H2,1-2H3. The fraction of sp³-hybridized carbons (Fsp3) is 0.357. The highest BCUT2D eigenvalue weighted by atomic mass is 16.5. The summed E-state index contributed by atoms with van der Waals surface area (Å²) in [6.45, 7) is 3.91. The van der Waals surface area contributed by atoms with E-state index in [9.17, 15) is 9.59 Å². The Morgan fingerprint density at radius 1 is 1.16 bits per heavy atom. The van der Waals surface area contributed by atoms with Crippen molar-refractivity contribution in [3.05, 3.63) is 35.4 Å². The molecule has 100 valence electrons. The van der Waals surface area contributed by atoms with Crippen LogP contribution in [0.15, 0.2) is 24.3 Å². The van der Waals surface area contributed by atoms with Crippen LogP contribution in [-0.2, 0) is 14.3 Å². The first-order valence-corrected chi connectivity index (χ1v) is 5.97. The predicted molar refractivity (Wildman–Crippen MR) is 67.4 cm³/mol. The average Bonchev–Trinajstić information content (AvgIpc) is 2.41. The summed E-state index contributed by atoms with van der Waals surface area (Å²) in [5.74, 6) is -2.00. The number of esters is 2. The van der Waals surface area contributed by atoms with Gasteiger partial charge in [0.25, 0.3) is 0 Å². The van der Waals surface area contributed by atoms with Crippen molar-refractivity contribution in [1.29, 1.82) is 5.26 Å². The lowest BCUT2D eigenvalue weighted by atomic mass is 9.99. The van der Waals surface area contributed by atoms with E-state index in [0.717, 1.165) is 0 Å². The van der Waals surface area contributed by atoms with Gasteiger partial charge < -0.3 is 9.47 Å². The van der Waals surface area contributed by atoms with Crippen LogP contribution in [0.1, 0.15) is 35.7 Å². The molecule has 0 bridgehead atoms. The van der Waals surface area contributed by atoms with Gasteiger partial charge >= 0.3 is 11.9 Å². The molecule has 0 heterocycles. The third-order valence-electron chi connectivity index (χ3n) is 2.41. The largest absolute Gasteiger partial charge is 0.465 e. The van der Waals surface area contributed by atoms with E-state index in [1.165, 1.54) is 12.1 Å². The van der Waals surface area contributed by atoms with Gasteiger partial charge in [0, 0.05) is 0 Å². The maximum absolute atomic E-state index is 11.6. The zero-order valence-corrected chi connectivity index (χ0v) is 10.9. The molecule has 19 heavy (non-hydrogen) atoms. The maximum atomic E-state index is 11.6. The first-order chi connectivity index (χ1) is 9.13. The summed E-state index contributed by atoms with van der Waals surface area (Å²) in [4.78, 5) is 23.0. The number of nitriles is 1. The van der Waals surface area contributed by atoms with Crippen molar-refractivity contribution < 1.29 is 19.1 Å². The van der Waals surface area contributed by atoms with Gasteiger partial charge in [-0.25, -0.2) is 4.79 Å². The minimum absolute atomic E-state index is 0.220.